The molecule has 4 rings (SSSR count). The van der Waals surface area contributed by atoms with Gasteiger partial charge in [-0.3, -0.25) is 9.69 Å². The number of amides is 1. The van der Waals surface area contributed by atoms with Gasteiger partial charge in [-0.2, -0.15) is 0 Å². The zero-order valence-electron chi connectivity index (χ0n) is 16.9. The number of halogens is 2. The van der Waals surface area contributed by atoms with Crippen molar-refractivity contribution in [1.29, 1.82) is 0 Å². The topological polar surface area (TPSA) is 49.3 Å². The molecule has 8 heteroatoms. The number of thioether (sulfide) groups is 1. The second-order valence-corrected chi connectivity index (χ2v) is 8.67. The van der Waals surface area contributed by atoms with Crippen molar-refractivity contribution in [2.24, 2.45) is 0 Å². The molecule has 1 saturated heterocycles. The van der Waals surface area contributed by atoms with E-state index in [1.165, 1.54) is 35.7 Å². The summed E-state index contributed by atoms with van der Waals surface area (Å²) >= 11 is 7.63. The number of piperazine rings is 1. The minimum atomic E-state index is -0.270. The number of benzene rings is 2. The van der Waals surface area contributed by atoms with Gasteiger partial charge >= 0.3 is 0 Å². The quantitative estimate of drug-likeness (QED) is 0.403. The minimum absolute atomic E-state index is 0.171. The van der Waals surface area contributed by atoms with Crippen molar-refractivity contribution in [3.63, 3.8) is 0 Å². The Hall–Kier alpha value is -2.48. The monoisotopic (exact) mass is 456 g/mol. The molecule has 1 aliphatic rings. The first-order chi connectivity index (χ1) is 15.1. The Morgan fingerprint density at radius 3 is 2.42 bits per heavy atom. The van der Waals surface area contributed by atoms with E-state index in [9.17, 15) is 9.18 Å². The fourth-order valence-electron chi connectivity index (χ4n) is 3.40. The van der Waals surface area contributed by atoms with Crippen LogP contribution in [0.3, 0.4) is 0 Å². The lowest BCUT2D eigenvalue weighted by Crippen LogP contribution is -2.48. The fourth-order valence-corrected chi connectivity index (χ4v) is 4.34. The summed E-state index contributed by atoms with van der Waals surface area (Å²) in [7, 11) is 0. The van der Waals surface area contributed by atoms with Crippen molar-refractivity contribution in [2.45, 2.75) is 17.5 Å². The molecule has 2 aromatic carbocycles. The first kappa shape index (κ1) is 21.7. The number of aromatic nitrogens is 2. The van der Waals surface area contributed by atoms with Crippen LogP contribution in [0.4, 0.5) is 4.39 Å². The van der Waals surface area contributed by atoms with Gasteiger partial charge in [-0.1, -0.05) is 65.8 Å². The van der Waals surface area contributed by atoms with E-state index in [4.69, 9.17) is 11.6 Å². The normalized spacial score (nSPS) is 14.6. The molecule has 0 radical (unpaired) electrons. The van der Waals surface area contributed by atoms with E-state index >= 15 is 0 Å². The summed E-state index contributed by atoms with van der Waals surface area (Å²) in [4.78, 5) is 25.8. The number of carbonyl (C=O) groups is 1. The zero-order valence-corrected chi connectivity index (χ0v) is 18.4. The van der Waals surface area contributed by atoms with E-state index < -0.39 is 0 Å². The molecule has 1 amide bonds. The predicted octanol–water partition coefficient (Wildman–Crippen LogP) is 4.52. The molecule has 3 aromatic rings. The van der Waals surface area contributed by atoms with Crippen molar-refractivity contribution in [2.75, 3.05) is 26.2 Å². The SMILES string of the molecule is O=C(c1nc(SCc2ccc(F)cc2)ncc1Cl)N1CCN(Cc2ccccc2)CC1. The first-order valence-corrected chi connectivity index (χ1v) is 11.4. The van der Waals surface area contributed by atoms with Gasteiger partial charge in [0.15, 0.2) is 10.9 Å². The highest BCUT2D eigenvalue weighted by atomic mass is 35.5. The molecule has 1 aromatic heterocycles. The highest BCUT2D eigenvalue weighted by Gasteiger charge is 2.25. The van der Waals surface area contributed by atoms with Crippen molar-refractivity contribution < 1.29 is 9.18 Å². The second-order valence-electron chi connectivity index (χ2n) is 7.32. The highest BCUT2D eigenvalue weighted by Crippen LogP contribution is 2.23. The predicted molar refractivity (Wildman–Crippen MR) is 121 cm³/mol. The van der Waals surface area contributed by atoms with Crippen molar-refractivity contribution in [3.8, 4) is 0 Å². The summed E-state index contributed by atoms with van der Waals surface area (Å²) in [5.74, 6) is 0.136. The van der Waals surface area contributed by atoms with E-state index in [1.54, 1.807) is 17.0 Å². The van der Waals surface area contributed by atoms with Gasteiger partial charge in [-0.05, 0) is 23.3 Å². The molecule has 31 heavy (non-hydrogen) atoms. The van der Waals surface area contributed by atoms with Crippen LogP contribution in [0.5, 0.6) is 0 Å². The Bertz CT molecular complexity index is 1030. The third kappa shape index (κ3) is 5.81. The van der Waals surface area contributed by atoms with Crippen molar-refractivity contribution in [3.05, 3.63) is 88.5 Å². The van der Waals surface area contributed by atoms with Gasteiger partial charge in [0.05, 0.1) is 11.2 Å². The van der Waals surface area contributed by atoms with Crippen LogP contribution in [0.1, 0.15) is 21.6 Å². The molecule has 2 heterocycles. The van der Waals surface area contributed by atoms with Crippen LogP contribution in [0.2, 0.25) is 5.02 Å². The molecule has 0 saturated carbocycles. The molecular weight excluding hydrogens is 435 g/mol. The summed E-state index contributed by atoms with van der Waals surface area (Å²) in [5.41, 5.74) is 2.45. The molecule has 0 aliphatic carbocycles. The standard InChI is InChI=1S/C23H22ClFN4OS/c24-20-14-26-23(31-16-18-6-8-19(25)9-7-18)27-21(20)22(30)29-12-10-28(11-13-29)15-17-4-2-1-3-5-17/h1-9,14H,10-13,15-16H2. The Morgan fingerprint density at radius 1 is 1.00 bits per heavy atom. The molecule has 0 bridgehead atoms. The van der Waals surface area contributed by atoms with Gasteiger partial charge in [-0.25, -0.2) is 14.4 Å². The van der Waals surface area contributed by atoms with Crippen LogP contribution in [-0.2, 0) is 12.3 Å². The molecule has 0 N–H and O–H groups in total. The number of carbonyl (C=O) groups excluding carboxylic acids is 1. The Balaban J connectivity index is 1.35. The third-order valence-electron chi connectivity index (χ3n) is 5.11. The maximum absolute atomic E-state index is 13.1. The Morgan fingerprint density at radius 2 is 1.71 bits per heavy atom. The highest BCUT2D eigenvalue weighted by molar-refractivity contribution is 7.98. The largest absolute Gasteiger partial charge is 0.335 e. The average molecular weight is 457 g/mol. The smallest absolute Gasteiger partial charge is 0.274 e. The second kappa shape index (κ2) is 10.2. The van der Waals surface area contributed by atoms with Gasteiger partial charge in [0.25, 0.3) is 5.91 Å². The molecule has 1 aliphatic heterocycles. The van der Waals surface area contributed by atoms with Gasteiger partial charge in [0.1, 0.15) is 5.82 Å². The van der Waals surface area contributed by atoms with Crippen LogP contribution in [0.25, 0.3) is 0 Å². The van der Waals surface area contributed by atoms with Crippen molar-refractivity contribution in [1.82, 2.24) is 19.8 Å². The molecule has 0 spiro atoms. The van der Waals surface area contributed by atoms with Gasteiger partial charge < -0.3 is 4.90 Å². The zero-order chi connectivity index (χ0) is 21.6. The lowest BCUT2D eigenvalue weighted by molar-refractivity contribution is 0.0622. The molecule has 1 fully saturated rings. The summed E-state index contributed by atoms with van der Waals surface area (Å²) < 4.78 is 13.1. The Kier molecular flexibility index (Phi) is 7.17. The minimum Gasteiger partial charge on any atom is -0.335 e. The summed E-state index contributed by atoms with van der Waals surface area (Å²) in [5, 5.41) is 0.725. The number of hydrogen-bond donors (Lipinski definition) is 0. The third-order valence-corrected chi connectivity index (χ3v) is 6.32. The van der Waals surface area contributed by atoms with Gasteiger partial charge in [0.2, 0.25) is 0 Å². The van der Waals surface area contributed by atoms with E-state index in [2.05, 4.69) is 27.0 Å². The summed E-state index contributed by atoms with van der Waals surface area (Å²) in [6, 6.07) is 16.6. The van der Waals surface area contributed by atoms with Gasteiger partial charge in [0, 0.05) is 38.5 Å². The number of nitrogens with zero attached hydrogens (tertiary/aromatic N) is 4. The lowest BCUT2D eigenvalue weighted by Gasteiger charge is -2.34. The van der Waals surface area contributed by atoms with Crippen LogP contribution in [0, 0.1) is 5.82 Å². The number of rotatable bonds is 6. The molecule has 160 valence electrons. The lowest BCUT2D eigenvalue weighted by atomic mass is 10.2. The van der Waals surface area contributed by atoms with Crippen LogP contribution >= 0.6 is 23.4 Å². The van der Waals surface area contributed by atoms with Crippen LogP contribution in [-0.4, -0.2) is 51.9 Å². The van der Waals surface area contributed by atoms with E-state index in [0.717, 1.165) is 25.2 Å². The maximum Gasteiger partial charge on any atom is 0.274 e. The average Bonchev–Trinajstić information content (AvgIpc) is 2.80. The fraction of sp³-hybridized carbons (Fsp3) is 0.261. The van der Waals surface area contributed by atoms with Crippen LogP contribution < -0.4 is 0 Å². The van der Waals surface area contributed by atoms with Gasteiger partial charge in [-0.15, -0.1) is 0 Å². The van der Waals surface area contributed by atoms with E-state index in [1.807, 2.05) is 18.2 Å². The summed E-state index contributed by atoms with van der Waals surface area (Å²) in [6.07, 6.45) is 1.47. The molecule has 5 nitrogen and oxygen atoms in total. The summed E-state index contributed by atoms with van der Waals surface area (Å²) in [6.45, 7) is 3.74. The van der Waals surface area contributed by atoms with E-state index in [-0.39, 0.29) is 22.4 Å². The molecular formula is C23H22ClFN4OS. The Labute approximate surface area is 190 Å². The van der Waals surface area contributed by atoms with Crippen molar-refractivity contribution >= 4 is 29.3 Å². The number of hydrogen-bond acceptors (Lipinski definition) is 5. The first-order valence-electron chi connectivity index (χ1n) is 10.0. The molecule has 0 unspecified atom stereocenters. The maximum atomic E-state index is 13.1. The van der Waals surface area contributed by atoms with Crippen LogP contribution in [0.15, 0.2) is 66.0 Å². The van der Waals surface area contributed by atoms with E-state index in [0.29, 0.717) is 24.0 Å². The molecule has 0 atom stereocenters.